The minimum atomic E-state index is -0.198. The summed E-state index contributed by atoms with van der Waals surface area (Å²) in [5, 5.41) is 0.512. The average Bonchev–Trinajstić information content (AvgIpc) is 2.53. The fourth-order valence-electron chi connectivity index (χ4n) is 1.93. The minimum absolute atomic E-state index is 0.173. The fraction of sp³-hybridized carbons (Fsp3) is 0.133. The quantitative estimate of drug-likeness (QED) is 0.791. The van der Waals surface area contributed by atoms with E-state index in [1.54, 1.807) is 49.8 Å². The minimum Gasteiger partial charge on any atom is -0.497 e. The van der Waals surface area contributed by atoms with Gasteiger partial charge in [-0.05, 0) is 30.3 Å². The molecule has 0 saturated carbocycles. The van der Waals surface area contributed by atoms with Gasteiger partial charge in [-0.15, -0.1) is 0 Å². The van der Waals surface area contributed by atoms with Crippen LogP contribution in [0.15, 0.2) is 47.5 Å². The molecule has 0 aliphatic heterocycles. The van der Waals surface area contributed by atoms with Crippen LogP contribution in [-0.4, -0.2) is 22.1 Å². The molecule has 0 bridgehead atoms. The molecule has 0 aliphatic carbocycles. The van der Waals surface area contributed by atoms with Gasteiger partial charge in [0.25, 0.3) is 5.56 Å². The van der Waals surface area contributed by atoms with Crippen molar-refractivity contribution in [3.63, 3.8) is 0 Å². The molecule has 0 atom stereocenters. The average molecular weight is 283 g/mol. The third kappa shape index (κ3) is 2.84. The molecule has 6 heteroatoms. The van der Waals surface area contributed by atoms with Crippen molar-refractivity contribution in [2.45, 2.75) is 6.61 Å². The van der Waals surface area contributed by atoms with Crippen LogP contribution in [0.1, 0.15) is 5.82 Å². The molecule has 106 valence electrons. The molecule has 0 fully saturated rings. The number of hydrogen-bond acceptors (Lipinski definition) is 5. The summed E-state index contributed by atoms with van der Waals surface area (Å²) in [5.74, 6) is 1.88. The van der Waals surface area contributed by atoms with E-state index in [0.717, 1.165) is 5.75 Å². The van der Waals surface area contributed by atoms with Crippen LogP contribution in [-0.2, 0) is 6.61 Å². The molecule has 2 heterocycles. The Kier molecular flexibility index (Phi) is 3.51. The molecule has 1 aromatic carbocycles. The van der Waals surface area contributed by atoms with Crippen molar-refractivity contribution >= 4 is 10.9 Å². The Morgan fingerprint density at radius 3 is 2.67 bits per heavy atom. The van der Waals surface area contributed by atoms with Crippen LogP contribution < -0.4 is 15.0 Å². The number of aromatic nitrogens is 3. The lowest BCUT2D eigenvalue weighted by Crippen LogP contribution is -2.13. The predicted octanol–water partition coefficient (Wildman–Crippen LogP) is 1.91. The Balaban J connectivity index is 1.80. The highest BCUT2D eigenvalue weighted by atomic mass is 16.5. The summed E-state index contributed by atoms with van der Waals surface area (Å²) < 4.78 is 10.7. The smallest absolute Gasteiger partial charge is 0.258 e. The lowest BCUT2D eigenvalue weighted by atomic mass is 10.3. The van der Waals surface area contributed by atoms with Crippen LogP contribution in [0.2, 0.25) is 0 Å². The number of H-pyrrole nitrogens is 1. The van der Waals surface area contributed by atoms with Crippen molar-refractivity contribution in [2.24, 2.45) is 0 Å². The zero-order valence-electron chi connectivity index (χ0n) is 11.4. The Hall–Kier alpha value is -2.89. The zero-order valence-corrected chi connectivity index (χ0v) is 11.4. The lowest BCUT2D eigenvalue weighted by molar-refractivity contribution is 0.295. The Morgan fingerprint density at radius 1 is 1.14 bits per heavy atom. The van der Waals surface area contributed by atoms with Crippen LogP contribution in [0, 0.1) is 0 Å². The summed E-state index contributed by atoms with van der Waals surface area (Å²) >= 11 is 0. The molecule has 0 radical (unpaired) electrons. The number of ether oxygens (including phenoxy) is 2. The van der Waals surface area contributed by atoms with Crippen molar-refractivity contribution in [2.75, 3.05) is 7.11 Å². The van der Waals surface area contributed by atoms with E-state index in [4.69, 9.17) is 9.47 Å². The lowest BCUT2D eigenvalue weighted by Gasteiger charge is -2.07. The molecular weight excluding hydrogens is 270 g/mol. The van der Waals surface area contributed by atoms with Gasteiger partial charge in [-0.3, -0.25) is 9.78 Å². The number of benzene rings is 1. The van der Waals surface area contributed by atoms with E-state index in [2.05, 4.69) is 15.0 Å². The van der Waals surface area contributed by atoms with Crippen LogP contribution in [0.4, 0.5) is 0 Å². The van der Waals surface area contributed by atoms with Gasteiger partial charge in [0.2, 0.25) is 0 Å². The number of aromatic amines is 1. The second kappa shape index (κ2) is 5.62. The number of nitrogens with zero attached hydrogens (tertiary/aromatic N) is 2. The van der Waals surface area contributed by atoms with Crippen molar-refractivity contribution in [1.29, 1.82) is 0 Å². The SMILES string of the molecule is COc1ccc(OCc2nc3cnccc3c(=O)[nH]2)cc1. The highest BCUT2D eigenvalue weighted by molar-refractivity contribution is 5.75. The van der Waals surface area contributed by atoms with Gasteiger partial charge < -0.3 is 14.5 Å². The van der Waals surface area contributed by atoms with E-state index in [1.165, 1.54) is 0 Å². The molecule has 0 unspecified atom stereocenters. The molecule has 3 aromatic rings. The molecule has 2 aromatic heterocycles. The first-order valence-corrected chi connectivity index (χ1v) is 6.36. The van der Waals surface area contributed by atoms with Gasteiger partial charge in [0.05, 0.1) is 24.2 Å². The summed E-state index contributed by atoms with van der Waals surface area (Å²) in [4.78, 5) is 22.9. The highest BCUT2D eigenvalue weighted by Crippen LogP contribution is 2.17. The Morgan fingerprint density at radius 2 is 1.90 bits per heavy atom. The molecule has 21 heavy (non-hydrogen) atoms. The topological polar surface area (TPSA) is 77.1 Å². The van der Waals surface area contributed by atoms with Crippen molar-refractivity contribution < 1.29 is 9.47 Å². The Labute approximate surface area is 120 Å². The largest absolute Gasteiger partial charge is 0.497 e. The first kappa shape index (κ1) is 13.1. The maximum absolute atomic E-state index is 11.9. The molecule has 0 saturated heterocycles. The van der Waals surface area contributed by atoms with Gasteiger partial charge >= 0.3 is 0 Å². The predicted molar refractivity (Wildman–Crippen MR) is 77.5 cm³/mol. The Bertz CT molecular complexity index is 812. The standard InChI is InChI=1S/C15H13N3O3/c1-20-10-2-4-11(5-3-10)21-9-14-17-13-8-16-7-6-12(13)15(19)18-14/h2-8H,9H2,1H3,(H,17,18,19). The number of rotatable bonds is 4. The van der Waals surface area contributed by atoms with Gasteiger partial charge in [0.1, 0.15) is 23.9 Å². The molecular formula is C15H13N3O3. The highest BCUT2D eigenvalue weighted by Gasteiger charge is 2.04. The number of fused-ring (bicyclic) bond motifs is 1. The molecule has 1 N–H and O–H groups in total. The fourth-order valence-corrected chi connectivity index (χ4v) is 1.93. The van der Waals surface area contributed by atoms with Gasteiger partial charge in [0.15, 0.2) is 0 Å². The van der Waals surface area contributed by atoms with Gasteiger partial charge in [-0.25, -0.2) is 4.98 Å². The van der Waals surface area contributed by atoms with Crippen LogP contribution in [0.5, 0.6) is 11.5 Å². The first-order chi connectivity index (χ1) is 10.3. The van der Waals surface area contributed by atoms with Crippen LogP contribution in [0.25, 0.3) is 10.9 Å². The summed E-state index contributed by atoms with van der Waals surface area (Å²) in [6.07, 6.45) is 3.12. The van der Waals surface area contributed by atoms with Crippen molar-refractivity contribution in [3.8, 4) is 11.5 Å². The summed E-state index contributed by atoms with van der Waals surface area (Å²) in [7, 11) is 1.60. The molecule has 0 aliphatic rings. The van der Waals surface area contributed by atoms with Crippen LogP contribution >= 0.6 is 0 Å². The van der Waals surface area contributed by atoms with E-state index in [9.17, 15) is 4.79 Å². The van der Waals surface area contributed by atoms with E-state index in [0.29, 0.717) is 22.5 Å². The molecule has 6 nitrogen and oxygen atoms in total. The third-order valence-corrected chi connectivity index (χ3v) is 2.99. The molecule has 0 amide bonds. The number of hydrogen-bond donors (Lipinski definition) is 1. The summed E-state index contributed by atoms with van der Waals surface area (Å²) in [6, 6.07) is 8.82. The maximum atomic E-state index is 11.9. The summed E-state index contributed by atoms with van der Waals surface area (Å²) in [6.45, 7) is 0.173. The van der Waals surface area contributed by atoms with Gasteiger partial charge in [-0.1, -0.05) is 0 Å². The van der Waals surface area contributed by atoms with Crippen LogP contribution in [0.3, 0.4) is 0 Å². The van der Waals surface area contributed by atoms with Crippen molar-refractivity contribution in [3.05, 3.63) is 58.9 Å². The van der Waals surface area contributed by atoms with Gasteiger partial charge in [0, 0.05) is 6.20 Å². The van der Waals surface area contributed by atoms with E-state index in [-0.39, 0.29) is 12.2 Å². The number of nitrogens with one attached hydrogen (secondary N) is 1. The van der Waals surface area contributed by atoms with E-state index in [1.807, 2.05) is 0 Å². The summed E-state index contributed by atoms with van der Waals surface area (Å²) in [5.41, 5.74) is 0.352. The van der Waals surface area contributed by atoms with E-state index < -0.39 is 0 Å². The van der Waals surface area contributed by atoms with Gasteiger partial charge in [-0.2, -0.15) is 0 Å². The second-order valence-electron chi connectivity index (χ2n) is 4.37. The molecule has 3 rings (SSSR count). The zero-order chi connectivity index (χ0) is 14.7. The monoisotopic (exact) mass is 283 g/mol. The van der Waals surface area contributed by atoms with E-state index >= 15 is 0 Å². The maximum Gasteiger partial charge on any atom is 0.258 e. The number of pyridine rings is 1. The molecule has 0 spiro atoms. The first-order valence-electron chi connectivity index (χ1n) is 6.36. The third-order valence-electron chi connectivity index (χ3n) is 2.99. The van der Waals surface area contributed by atoms with Crippen molar-refractivity contribution in [1.82, 2.24) is 15.0 Å². The second-order valence-corrected chi connectivity index (χ2v) is 4.37. The normalized spacial score (nSPS) is 10.5. The number of methoxy groups -OCH3 is 1.